The van der Waals surface area contributed by atoms with Gasteiger partial charge in [0.05, 0.1) is 0 Å². The number of rotatable bonds is 3. The van der Waals surface area contributed by atoms with Crippen molar-refractivity contribution >= 4 is 35.5 Å². The van der Waals surface area contributed by atoms with Crippen LogP contribution < -0.4 is 0 Å². The fourth-order valence-corrected chi connectivity index (χ4v) is 4.31. The van der Waals surface area contributed by atoms with Crippen molar-refractivity contribution in [3.05, 3.63) is 71.8 Å². The van der Waals surface area contributed by atoms with E-state index in [4.69, 9.17) is 10.2 Å². The van der Waals surface area contributed by atoms with Gasteiger partial charge in [0, 0.05) is 59.4 Å². The van der Waals surface area contributed by atoms with Crippen molar-refractivity contribution in [2.75, 3.05) is 33.2 Å². The van der Waals surface area contributed by atoms with Crippen LogP contribution in [-0.2, 0) is 9.59 Å². The second-order valence-corrected chi connectivity index (χ2v) is 8.05. The number of carboxylic acids is 2. The molecule has 156 valence electrons. The monoisotopic (exact) mass is 424 g/mol. The first-order valence-electron chi connectivity index (χ1n) is 9.59. The third-order valence-corrected chi connectivity index (χ3v) is 5.97. The van der Waals surface area contributed by atoms with Crippen LogP contribution in [0.25, 0.3) is 11.8 Å². The minimum atomic E-state index is -1.26. The summed E-state index contributed by atoms with van der Waals surface area (Å²) >= 11 is 1.88. The summed E-state index contributed by atoms with van der Waals surface area (Å²) in [6, 6.07) is 17.5. The van der Waals surface area contributed by atoms with Gasteiger partial charge in [-0.15, -0.1) is 0 Å². The molecule has 0 aromatic heterocycles. The molecule has 6 nitrogen and oxygen atoms in total. The number of carbonyl (C=O) groups is 2. The standard InChI is InChI=1S/C19H20N2S.C4H4O4/c1-20-10-12-21(13-11-20)17-14-15-6-2-4-8-18(15)22-19-9-5-3-7-16(17)19;5-3(6)1-2-4(7)8/h2-9,14H,10-13H2,1H3;1-2H,(H,5,6)(H,7,8)/b;2-1-. The van der Waals surface area contributed by atoms with Crippen molar-refractivity contribution in [1.29, 1.82) is 0 Å². The minimum absolute atomic E-state index is 0.558. The molecule has 4 rings (SSSR count). The second-order valence-electron chi connectivity index (χ2n) is 6.97. The summed E-state index contributed by atoms with van der Waals surface area (Å²) in [4.78, 5) is 26.8. The highest BCUT2D eigenvalue weighted by molar-refractivity contribution is 7.99. The molecule has 2 aromatic rings. The van der Waals surface area contributed by atoms with Gasteiger partial charge >= 0.3 is 11.9 Å². The van der Waals surface area contributed by atoms with E-state index in [1.54, 1.807) is 0 Å². The van der Waals surface area contributed by atoms with E-state index >= 15 is 0 Å². The number of aliphatic carboxylic acids is 2. The van der Waals surface area contributed by atoms with Crippen molar-refractivity contribution in [3.63, 3.8) is 0 Å². The van der Waals surface area contributed by atoms with Gasteiger partial charge in [-0.25, -0.2) is 9.59 Å². The molecular formula is C23H24N2O4S. The normalized spacial score (nSPS) is 15.9. The predicted molar refractivity (Wildman–Crippen MR) is 118 cm³/mol. The van der Waals surface area contributed by atoms with Crippen LogP contribution in [0.3, 0.4) is 0 Å². The van der Waals surface area contributed by atoms with Gasteiger partial charge in [-0.05, 0) is 30.8 Å². The quantitative estimate of drug-likeness (QED) is 0.729. The first kappa shape index (κ1) is 21.7. The Bertz CT molecular complexity index is 963. The zero-order chi connectivity index (χ0) is 21.5. The molecule has 30 heavy (non-hydrogen) atoms. The Morgan fingerprint density at radius 1 is 0.867 bits per heavy atom. The van der Waals surface area contributed by atoms with Crippen molar-refractivity contribution in [2.24, 2.45) is 0 Å². The molecule has 0 aliphatic carbocycles. The van der Waals surface area contributed by atoms with E-state index in [1.807, 2.05) is 11.8 Å². The first-order chi connectivity index (χ1) is 14.4. The average molecular weight is 425 g/mol. The van der Waals surface area contributed by atoms with Crippen LogP contribution in [0.1, 0.15) is 11.1 Å². The van der Waals surface area contributed by atoms with Gasteiger partial charge in [0.15, 0.2) is 0 Å². The molecule has 0 bridgehead atoms. The molecule has 0 unspecified atom stereocenters. The highest BCUT2D eigenvalue weighted by Gasteiger charge is 2.22. The number of piperazine rings is 1. The van der Waals surface area contributed by atoms with Crippen LogP contribution in [0.5, 0.6) is 0 Å². The molecule has 2 N–H and O–H groups in total. The van der Waals surface area contributed by atoms with E-state index in [0.717, 1.165) is 26.2 Å². The number of carboxylic acid groups (broad SMARTS) is 2. The molecular weight excluding hydrogens is 400 g/mol. The highest BCUT2D eigenvalue weighted by Crippen LogP contribution is 2.41. The van der Waals surface area contributed by atoms with E-state index in [0.29, 0.717) is 12.2 Å². The Morgan fingerprint density at radius 2 is 1.43 bits per heavy atom. The Balaban J connectivity index is 0.000000275. The third-order valence-electron chi connectivity index (χ3n) is 4.81. The number of benzene rings is 2. The highest BCUT2D eigenvalue weighted by atomic mass is 32.2. The summed E-state index contributed by atoms with van der Waals surface area (Å²) in [7, 11) is 2.21. The third kappa shape index (κ3) is 5.75. The van der Waals surface area contributed by atoms with Crippen molar-refractivity contribution in [3.8, 4) is 0 Å². The molecule has 0 amide bonds. The Kier molecular flexibility index (Phi) is 7.32. The summed E-state index contributed by atoms with van der Waals surface area (Å²) in [6.45, 7) is 4.47. The summed E-state index contributed by atoms with van der Waals surface area (Å²) in [5, 5.41) is 15.6. The summed E-state index contributed by atoms with van der Waals surface area (Å²) in [5.41, 5.74) is 4.08. The molecule has 0 spiro atoms. The lowest BCUT2D eigenvalue weighted by Gasteiger charge is -2.36. The zero-order valence-corrected chi connectivity index (χ0v) is 17.5. The predicted octanol–water partition coefficient (Wildman–Crippen LogP) is 3.61. The van der Waals surface area contributed by atoms with E-state index in [2.05, 4.69) is 71.5 Å². The van der Waals surface area contributed by atoms with Crippen molar-refractivity contribution < 1.29 is 19.8 Å². The molecule has 0 saturated carbocycles. The lowest BCUT2D eigenvalue weighted by molar-refractivity contribution is -0.134. The number of hydrogen-bond acceptors (Lipinski definition) is 5. The lowest BCUT2D eigenvalue weighted by atomic mass is 10.1. The van der Waals surface area contributed by atoms with Gasteiger partial charge in [-0.2, -0.15) is 0 Å². The SMILES string of the molecule is CN1CCN(C2=Cc3ccccc3Sc3ccccc32)CC1.O=C(O)/C=C\C(=O)O. The summed E-state index contributed by atoms with van der Waals surface area (Å²) in [6.07, 6.45) is 3.49. The van der Waals surface area contributed by atoms with Crippen LogP contribution in [0.15, 0.2) is 70.5 Å². The zero-order valence-electron chi connectivity index (χ0n) is 16.7. The number of hydrogen-bond donors (Lipinski definition) is 2. The van der Waals surface area contributed by atoms with Gasteiger partial charge < -0.3 is 20.0 Å². The number of fused-ring (bicyclic) bond motifs is 2. The Hall–Kier alpha value is -3.03. The van der Waals surface area contributed by atoms with Crippen LogP contribution >= 0.6 is 11.8 Å². The number of nitrogens with zero attached hydrogens (tertiary/aromatic N) is 2. The molecule has 2 aliphatic rings. The fraction of sp³-hybridized carbons (Fsp3) is 0.217. The molecule has 2 aromatic carbocycles. The summed E-state index contributed by atoms with van der Waals surface area (Å²) < 4.78 is 0. The van der Waals surface area contributed by atoms with E-state index in [1.165, 1.54) is 26.6 Å². The average Bonchev–Trinajstić information content (AvgIpc) is 2.90. The molecule has 1 fully saturated rings. The van der Waals surface area contributed by atoms with E-state index in [-0.39, 0.29) is 0 Å². The van der Waals surface area contributed by atoms with Crippen molar-refractivity contribution in [2.45, 2.75) is 9.79 Å². The van der Waals surface area contributed by atoms with Crippen LogP contribution in [0.2, 0.25) is 0 Å². The van der Waals surface area contributed by atoms with Gasteiger partial charge in [-0.1, -0.05) is 48.2 Å². The molecule has 0 atom stereocenters. The Morgan fingerprint density at radius 3 is 2.07 bits per heavy atom. The van der Waals surface area contributed by atoms with Gasteiger partial charge in [-0.3, -0.25) is 0 Å². The maximum atomic E-state index is 9.55. The molecule has 2 heterocycles. The van der Waals surface area contributed by atoms with Crippen LogP contribution in [-0.4, -0.2) is 65.2 Å². The summed E-state index contributed by atoms with van der Waals surface area (Å²) in [5.74, 6) is -2.51. The minimum Gasteiger partial charge on any atom is -0.478 e. The smallest absolute Gasteiger partial charge is 0.328 e. The molecule has 1 saturated heterocycles. The maximum absolute atomic E-state index is 9.55. The van der Waals surface area contributed by atoms with E-state index < -0.39 is 11.9 Å². The number of likely N-dealkylation sites (N-methyl/N-ethyl adjacent to an activating group) is 1. The second kappa shape index (κ2) is 10.1. The largest absolute Gasteiger partial charge is 0.478 e. The maximum Gasteiger partial charge on any atom is 0.328 e. The Labute approximate surface area is 180 Å². The lowest BCUT2D eigenvalue weighted by Crippen LogP contribution is -2.43. The molecule has 0 radical (unpaired) electrons. The topological polar surface area (TPSA) is 81.1 Å². The van der Waals surface area contributed by atoms with Crippen molar-refractivity contribution in [1.82, 2.24) is 9.80 Å². The van der Waals surface area contributed by atoms with Gasteiger partial charge in [0.1, 0.15) is 0 Å². The first-order valence-corrected chi connectivity index (χ1v) is 10.4. The fourth-order valence-electron chi connectivity index (χ4n) is 3.26. The van der Waals surface area contributed by atoms with Crippen LogP contribution in [0, 0.1) is 0 Å². The van der Waals surface area contributed by atoms with E-state index in [9.17, 15) is 9.59 Å². The van der Waals surface area contributed by atoms with Crippen LogP contribution in [0.4, 0.5) is 0 Å². The van der Waals surface area contributed by atoms with Gasteiger partial charge in [0.2, 0.25) is 0 Å². The molecule has 2 aliphatic heterocycles. The van der Waals surface area contributed by atoms with Gasteiger partial charge in [0.25, 0.3) is 0 Å². The molecule has 7 heteroatoms.